The number of alkyl halides is 1. The van der Waals surface area contributed by atoms with E-state index < -0.39 is 0 Å². The van der Waals surface area contributed by atoms with Gasteiger partial charge < -0.3 is 5.32 Å². The highest BCUT2D eigenvalue weighted by molar-refractivity contribution is 6.18. The van der Waals surface area contributed by atoms with Gasteiger partial charge in [-0.25, -0.2) is 0 Å². The van der Waals surface area contributed by atoms with Gasteiger partial charge in [0.05, 0.1) is 5.54 Å². The molecule has 0 saturated heterocycles. The molecule has 1 fully saturated rings. The van der Waals surface area contributed by atoms with E-state index in [9.17, 15) is 4.79 Å². The highest BCUT2D eigenvalue weighted by Gasteiger charge is 2.34. The monoisotopic (exact) mass is 315 g/mol. The lowest BCUT2D eigenvalue weighted by Gasteiger charge is -2.27. The molecule has 0 aromatic rings. The number of carbonyl (C=O) groups excluding carboxylic acids is 1. The Morgan fingerprint density at radius 2 is 1.48 bits per heavy atom. The van der Waals surface area contributed by atoms with Gasteiger partial charge in [-0.15, -0.1) is 11.6 Å². The zero-order valence-corrected chi connectivity index (χ0v) is 14.6. The van der Waals surface area contributed by atoms with Gasteiger partial charge in [-0.05, 0) is 19.3 Å². The van der Waals surface area contributed by atoms with Gasteiger partial charge in [-0.2, -0.15) is 0 Å². The third-order valence-corrected chi connectivity index (χ3v) is 5.24. The summed E-state index contributed by atoms with van der Waals surface area (Å²) in [6.07, 6.45) is 16.8. The minimum absolute atomic E-state index is 0.0854. The van der Waals surface area contributed by atoms with Gasteiger partial charge in [-0.1, -0.05) is 71.1 Å². The molecule has 0 aromatic heterocycles. The number of unbranched alkanes of at least 4 members (excludes halogenated alkanes) is 8. The van der Waals surface area contributed by atoms with Crippen LogP contribution < -0.4 is 5.32 Å². The van der Waals surface area contributed by atoms with Crippen molar-refractivity contribution in [1.29, 1.82) is 0 Å². The Balaban J connectivity index is 1.96. The number of amides is 1. The summed E-state index contributed by atoms with van der Waals surface area (Å²) in [5, 5.41) is 3.20. The summed E-state index contributed by atoms with van der Waals surface area (Å²) in [4.78, 5) is 12.0. The van der Waals surface area contributed by atoms with Gasteiger partial charge in [0.15, 0.2) is 0 Å². The molecule has 0 atom stereocenters. The van der Waals surface area contributed by atoms with Crippen molar-refractivity contribution >= 4 is 17.5 Å². The predicted molar refractivity (Wildman–Crippen MR) is 91.9 cm³/mol. The van der Waals surface area contributed by atoms with Crippen LogP contribution in [0.3, 0.4) is 0 Å². The molecule has 1 N–H and O–H groups in total. The Morgan fingerprint density at radius 3 is 2.00 bits per heavy atom. The maximum absolute atomic E-state index is 12.0. The number of hydrogen-bond acceptors (Lipinski definition) is 1. The molecule has 1 aliphatic rings. The fourth-order valence-electron chi connectivity index (χ4n) is 3.30. The van der Waals surface area contributed by atoms with E-state index in [0.717, 1.165) is 19.3 Å². The van der Waals surface area contributed by atoms with Gasteiger partial charge in [-0.3, -0.25) is 4.79 Å². The number of rotatable bonds is 12. The van der Waals surface area contributed by atoms with E-state index in [1.165, 1.54) is 64.2 Å². The molecule has 0 aliphatic heterocycles. The zero-order valence-electron chi connectivity index (χ0n) is 13.9. The number of nitrogens with one attached hydrogen (secondary N) is 1. The maximum Gasteiger partial charge on any atom is 0.220 e. The third kappa shape index (κ3) is 8.09. The van der Waals surface area contributed by atoms with E-state index in [1.807, 2.05) is 0 Å². The van der Waals surface area contributed by atoms with E-state index in [-0.39, 0.29) is 11.4 Å². The van der Waals surface area contributed by atoms with E-state index in [1.54, 1.807) is 0 Å². The average molecular weight is 316 g/mol. The smallest absolute Gasteiger partial charge is 0.220 e. The lowest BCUT2D eigenvalue weighted by Crippen LogP contribution is -2.47. The Labute approximate surface area is 136 Å². The standard InChI is InChI=1S/C18H34ClNO/c1-2-3-4-5-6-7-8-9-10-13-17(21)20-18(16-19)14-11-12-15-18/h2-16H2,1H3,(H,20,21). The Kier molecular flexibility index (Phi) is 10.2. The van der Waals surface area contributed by atoms with Crippen LogP contribution in [0.15, 0.2) is 0 Å². The Hall–Kier alpha value is -0.240. The second kappa shape index (κ2) is 11.3. The van der Waals surface area contributed by atoms with E-state index in [2.05, 4.69) is 12.2 Å². The molecule has 3 heteroatoms. The summed E-state index contributed by atoms with van der Waals surface area (Å²) >= 11 is 6.05. The average Bonchev–Trinajstić information content (AvgIpc) is 2.94. The minimum Gasteiger partial charge on any atom is -0.349 e. The molecule has 124 valence electrons. The van der Waals surface area contributed by atoms with Crippen LogP contribution in [-0.2, 0) is 4.79 Å². The molecular weight excluding hydrogens is 282 g/mol. The molecule has 1 saturated carbocycles. The van der Waals surface area contributed by atoms with Crippen LogP contribution >= 0.6 is 11.6 Å². The summed E-state index contributed by atoms with van der Waals surface area (Å²) in [6.45, 7) is 2.25. The van der Waals surface area contributed by atoms with Crippen molar-refractivity contribution in [3.63, 3.8) is 0 Å². The SMILES string of the molecule is CCCCCCCCCCCC(=O)NC1(CCl)CCCC1. The Bertz CT molecular complexity index is 274. The van der Waals surface area contributed by atoms with Crippen LogP contribution in [0, 0.1) is 0 Å². The molecule has 1 amide bonds. The molecule has 0 unspecified atom stereocenters. The van der Waals surface area contributed by atoms with E-state index in [4.69, 9.17) is 11.6 Å². The molecule has 2 nitrogen and oxygen atoms in total. The molecule has 0 spiro atoms. The summed E-state index contributed by atoms with van der Waals surface area (Å²) in [5.41, 5.74) is -0.0854. The first-order chi connectivity index (χ1) is 10.2. The van der Waals surface area contributed by atoms with Crippen LogP contribution in [0.25, 0.3) is 0 Å². The van der Waals surface area contributed by atoms with Crippen molar-refractivity contribution in [3.05, 3.63) is 0 Å². The molecule has 1 rings (SSSR count). The first kappa shape index (κ1) is 18.8. The molecule has 0 aromatic carbocycles. The lowest BCUT2D eigenvalue weighted by molar-refractivity contribution is -0.122. The zero-order chi connectivity index (χ0) is 15.4. The molecule has 0 heterocycles. The third-order valence-electron chi connectivity index (χ3n) is 4.73. The topological polar surface area (TPSA) is 29.1 Å². The summed E-state index contributed by atoms with van der Waals surface area (Å²) in [5.74, 6) is 0.775. The van der Waals surface area contributed by atoms with Gasteiger partial charge in [0, 0.05) is 12.3 Å². The van der Waals surface area contributed by atoms with Gasteiger partial charge in [0.25, 0.3) is 0 Å². The summed E-state index contributed by atoms with van der Waals surface area (Å²) in [7, 11) is 0. The second-order valence-electron chi connectivity index (χ2n) is 6.75. The summed E-state index contributed by atoms with van der Waals surface area (Å²) in [6, 6.07) is 0. The van der Waals surface area contributed by atoms with E-state index in [0.29, 0.717) is 12.3 Å². The molecule has 0 bridgehead atoms. The quantitative estimate of drug-likeness (QED) is 0.370. The van der Waals surface area contributed by atoms with Crippen molar-refractivity contribution in [3.8, 4) is 0 Å². The van der Waals surface area contributed by atoms with Crippen molar-refractivity contribution in [2.75, 3.05) is 5.88 Å². The molecular formula is C18H34ClNO. The first-order valence-corrected chi connectivity index (χ1v) is 9.63. The fraction of sp³-hybridized carbons (Fsp3) is 0.944. The minimum atomic E-state index is -0.0854. The fourth-order valence-corrected chi connectivity index (χ4v) is 3.63. The second-order valence-corrected chi connectivity index (χ2v) is 7.01. The highest BCUT2D eigenvalue weighted by atomic mass is 35.5. The van der Waals surface area contributed by atoms with Crippen molar-refractivity contribution in [2.24, 2.45) is 0 Å². The van der Waals surface area contributed by atoms with Crippen LogP contribution in [0.2, 0.25) is 0 Å². The van der Waals surface area contributed by atoms with Crippen molar-refractivity contribution in [2.45, 2.75) is 102 Å². The maximum atomic E-state index is 12.0. The molecule has 21 heavy (non-hydrogen) atoms. The number of carbonyl (C=O) groups is 1. The van der Waals surface area contributed by atoms with Gasteiger partial charge in [0.1, 0.15) is 0 Å². The van der Waals surface area contributed by atoms with Crippen LogP contribution in [-0.4, -0.2) is 17.3 Å². The largest absolute Gasteiger partial charge is 0.349 e. The lowest BCUT2D eigenvalue weighted by atomic mass is 10.00. The van der Waals surface area contributed by atoms with Crippen molar-refractivity contribution < 1.29 is 4.79 Å². The van der Waals surface area contributed by atoms with Gasteiger partial charge >= 0.3 is 0 Å². The van der Waals surface area contributed by atoms with E-state index >= 15 is 0 Å². The first-order valence-electron chi connectivity index (χ1n) is 9.09. The van der Waals surface area contributed by atoms with Crippen LogP contribution in [0.1, 0.15) is 96.8 Å². The number of hydrogen-bond donors (Lipinski definition) is 1. The normalized spacial score (nSPS) is 17.0. The van der Waals surface area contributed by atoms with Crippen molar-refractivity contribution in [1.82, 2.24) is 5.32 Å². The highest BCUT2D eigenvalue weighted by Crippen LogP contribution is 2.30. The Morgan fingerprint density at radius 1 is 0.952 bits per heavy atom. The predicted octanol–water partition coefficient (Wildman–Crippen LogP) is 5.58. The molecule has 1 aliphatic carbocycles. The summed E-state index contributed by atoms with van der Waals surface area (Å²) < 4.78 is 0. The van der Waals surface area contributed by atoms with Gasteiger partial charge in [0.2, 0.25) is 5.91 Å². The van der Waals surface area contributed by atoms with Crippen LogP contribution in [0.5, 0.6) is 0 Å². The van der Waals surface area contributed by atoms with Crippen LogP contribution in [0.4, 0.5) is 0 Å². The number of halogens is 1. The molecule has 0 radical (unpaired) electrons.